The first-order chi connectivity index (χ1) is 9.13. The van der Waals surface area contributed by atoms with Gasteiger partial charge in [-0.05, 0) is 30.2 Å². The lowest BCUT2D eigenvalue weighted by Gasteiger charge is -2.05. The molecule has 0 aromatic heterocycles. The molecule has 1 rings (SSSR count). The second-order valence-electron chi connectivity index (χ2n) is 3.90. The van der Waals surface area contributed by atoms with E-state index < -0.39 is 5.97 Å². The highest BCUT2D eigenvalue weighted by atomic mass is 16.5. The van der Waals surface area contributed by atoms with Crippen molar-refractivity contribution in [2.45, 2.75) is 6.42 Å². The zero-order chi connectivity index (χ0) is 14.1. The number of carboxylic acid groups (broad SMARTS) is 1. The number of nitrogens with one attached hydrogen (secondary N) is 1. The van der Waals surface area contributed by atoms with Crippen LogP contribution in [0, 0.1) is 0 Å². The number of hydrogen-bond acceptors (Lipinski definition) is 3. The standard InChI is InChI=1S/C14H17NO4/c1-19-9-3-8-15-14(18)12-5-2-4-11(10-12)6-7-13(16)17/h2,4-7,10H,3,8-9H2,1H3,(H,15,18)(H,16,17)/b7-6+. The minimum atomic E-state index is -1.02. The summed E-state index contributed by atoms with van der Waals surface area (Å²) in [4.78, 5) is 22.2. The first-order valence-electron chi connectivity index (χ1n) is 5.91. The van der Waals surface area contributed by atoms with E-state index in [0.29, 0.717) is 24.3 Å². The van der Waals surface area contributed by atoms with Crippen molar-refractivity contribution in [3.63, 3.8) is 0 Å². The Hall–Kier alpha value is -2.14. The van der Waals surface area contributed by atoms with Gasteiger partial charge >= 0.3 is 5.97 Å². The van der Waals surface area contributed by atoms with E-state index in [-0.39, 0.29) is 5.91 Å². The molecule has 2 N–H and O–H groups in total. The Kier molecular flexibility index (Phi) is 6.32. The molecule has 0 spiro atoms. The Bertz CT molecular complexity index is 468. The van der Waals surface area contributed by atoms with Gasteiger partial charge in [-0.3, -0.25) is 4.79 Å². The molecular formula is C14H17NO4. The molecule has 0 aliphatic carbocycles. The van der Waals surface area contributed by atoms with E-state index in [1.807, 2.05) is 0 Å². The fourth-order valence-corrected chi connectivity index (χ4v) is 1.47. The lowest BCUT2D eigenvalue weighted by Crippen LogP contribution is -2.25. The van der Waals surface area contributed by atoms with Crippen LogP contribution >= 0.6 is 0 Å². The smallest absolute Gasteiger partial charge is 0.328 e. The van der Waals surface area contributed by atoms with Crippen LogP contribution in [0.2, 0.25) is 0 Å². The third kappa shape index (κ3) is 5.83. The molecule has 0 saturated carbocycles. The molecule has 0 saturated heterocycles. The summed E-state index contributed by atoms with van der Waals surface area (Å²) in [6, 6.07) is 6.78. The summed E-state index contributed by atoms with van der Waals surface area (Å²) >= 11 is 0. The van der Waals surface area contributed by atoms with Crippen molar-refractivity contribution in [2.75, 3.05) is 20.3 Å². The van der Waals surface area contributed by atoms with Crippen LogP contribution in [0.3, 0.4) is 0 Å². The molecule has 1 aromatic rings. The monoisotopic (exact) mass is 263 g/mol. The van der Waals surface area contributed by atoms with E-state index in [2.05, 4.69) is 5.32 Å². The first kappa shape index (κ1) is 14.9. The number of carboxylic acids is 1. The van der Waals surface area contributed by atoms with Crippen LogP contribution < -0.4 is 5.32 Å². The molecule has 0 aliphatic heterocycles. The molecule has 19 heavy (non-hydrogen) atoms. The van der Waals surface area contributed by atoms with Gasteiger partial charge in [0, 0.05) is 31.9 Å². The Balaban J connectivity index is 2.60. The summed E-state index contributed by atoms with van der Waals surface area (Å²) in [7, 11) is 1.61. The topological polar surface area (TPSA) is 75.6 Å². The van der Waals surface area contributed by atoms with Gasteiger partial charge in [0.2, 0.25) is 0 Å². The highest BCUT2D eigenvalue weighted by Crippen LogP contribution is 2.07. The van der Waals surface area contributed by atoms with Crippen LogP contribution in [0.25, 0.3) is 6.08 Å². The van der Waals surface area contributed by atoms with Crippen molar-refractivity contribution in [3.8, 4) is 0 Å². The lowest BCUT2D eigenvalue weighted by atomic mass is 10.1. The summed E-state index contributed by atoms with van der Waals surface area (Å²) in [6.45, 7) is 1.14. The molecule has 0 unspecified atom stereocenters. The third-order valence-electron chi connectivity index (χ3n) is 2.38. The van der Waals surface area contributed by atoms with Gasteiger partial charge < -0.3 is 15.2 Å². The Morgan fingerprint density at radius 1 is 1.42 bits per heavy atom. The van der Waals surface area contributed by atoms with Crippen molar-refractivity contribution in [1.82, 2.24) is 5.32 Å². The molecule has 1 amide bonds. The predicted octanol–water partition coefficient (Wildman–Crippen LogP) is 1.55. The summed E-state index contributed by atoms with van der Waals surface area (Å²) in [5.41, 5.74) is 1.18. The number of methoxy groups -OCH3 is 1. The van der Waals surface area contributed by atoms with Crippen molar-refractivity contribution < 1.29 is 19.4 Å². The molecule has 5 heteroatoms. The highest BCUT2D eigenvalue weighted by molar-refractivity contribution is 5.95. The number of aliphatic carboxylic acids is 1. The maximum Gasteiger partial charge on any atom is 0.328 e. The van der Waals surface area contributed by atoms with Gasteiger partial charge in [0.1, 0.15) is 0 Å². The first-order valence-corrected chi connectivity index (χ1v) is 5.91. The van der Waals surface area contributed by atoms with Gasteiger partial charge in [0.15, 0.2) is 0 Å². The second-order valence-corrected chi connectivity index (χ2v) is 3.90. The van der Waals surface area contributed by atoms with E-state index in [4.69, 9.17) is 9.84 Å². The lowest BCUT2D eigenvalue weighted by molar-refractivity contribution is -0.131. The molecule has 0 heterocycles. The van der Waals surface area contributed by atoms with Gasteiger partial charge in [-0.15, -0.1) is 0 Å². The average Bonchev–Trinajstić information content (AvgIpc) is 2.41. The number of carbonyl (C=O) groups is 2. The van der Waals surface area contributed by atoms with Crippen molar-refractivity contribution >= 4 is 18.0 Å². The van der Waals surface area contributed by atoms with E-state index in [1.54, 1.807) is 31.4 Å². The fraction of sp³-hybridized carbons (Fsp3) is 0.286. The average molecular weight is 263 g/mol. The van der Waals surface area contributed by atoms with Crippen molar-refractivity contribution in [2.24, 2.45) is 0 Å². The largest absolute Gasteiger partial charge is 0.478 e. The summed E-state index contributed by atoms with van der Waals surface area (Å²) in [6.07, 6.45) is 3.24. The number of benzene rings is 1. The van der Waals surface area contributed by atoms with Crippen molar-refractivity contribution in [1.29, 1.82) is 0 Å². The SMILES string of the molecule is COCCCNC(=O)c1cccc(/C=C/C(=O)O)c1. The number of amides is 1. The molecule has 0 aliphatic rings. The molecule has 1 aromatic carbocycles. The van der Waals surface area contributed by atoms with E-state index in [0.717, 1.165) is 12.5 Å². The van der Waals surface area contributed by atoms with Crippen molar-refractivity contribution in [3.05, 3.63) is 41.5 Å². The summed E-state index contributed by atoms with van der Waals surface area (Å²) in [5.74, 6) is -1.20. The number of carbonyl (C=O) groups excluding carboxylic acids is 1. The van der Waals surface area contributed by atoms with Gasteiger partial charge in [0.05, 0.1) is 0 Å². The number of hydrogen-bond donors (Lipinski definition) is 2. The normalized spacial score (nSPS) is 10.6. The quantitative estimate of drug-likeness (QED) is 0.578. The van der Waals surface area contributed by atoms with Crippen LogP contribution in [-0.2, 0) is 9.53 Å². The van der Waals surface area contributed by atoms with E-state index >= 15 is 0 Å². The van der Waals surface area contributed by atoms with Crippen LogP contribution in [-0.4, -0.2) is 37.2 Å². The van der Waals surface area contributed by atoms with Crippen LogP contribution in [0.1, 0.15) is 22.3 Å². The van der Waals surface area contributed by atoms with E-state index in [9.17, 15) is 9.59 Å². The Labute approximate surface area is 111 Å². The van der Waals surface area contributed by atoms with Gasteiger partial charge in [-0.1, -0.05) is 12.1 Å². The minimum absolute atomic E-state index is 0.179. The Morgan fingerprint density at radius 2 is 2.21 bits per heavy atom. The molecule has 0 radical (unpaired) electrons. The van der Waals surface area contributed by atoms with Crippen LogP contribution in [0.15, 0.2) is 30.3 Å². The van der Waals surface area contributed by atoms with Crippen LogP contribution in [0.5, 0.6) is 0 Å². The maximum atomic E-state index is 11.8. The highest BCUT2D eigenvalue weighted by Gasteiger charge is 2.04. The Morgan fingerprint density at radius 3 is 2.89 bits per heavy atom. The number of rotatable bonds is 7. The molecule has 102 valence electrons. The molecule has 5 nitrogen and oxygen atoms in total. The fourth-order valence-electron chi connectivity index (χ4n) is 1.47. The maximum absolute atomic E-state index is 11.8. The van der Waals surface area contributed by atoms with E-state index in [1.165, 1.54) is 6.08 Å². The zero-order valence-electron chi connectivity index (χ0n) is 10.8. The zero-order valence-corrected chi connectivity index (χ0v) is 10.8. The summed E-state index contributed by atoms with van der Waals surface area (Å²) < 4.78 is 4.89. The molecular weight excluding hydrogens is 246 g/mol. The summed E-state index contributed by atoms with van der Waals surface area (Å²) in [5, 5.41) is 11.3. The number of ether oxygens (including phenoxy) is 1. The van der Waals surface area contributed by atoms with Crippen LogP contribution in [0.4, 0.5) is 0 Å². The second kappa shape index (κ2) is 8.05. The van der Waals surface area contributed by atoms with Gasteiger partial charge in [0.25, 0.3) is 5.91 Å². The molecule has 0 bridgehead atoms. The molecule has 0 atom stereocenters. The minimum Gasteiger partial charge on any atom is -0.478 e. The predicted molar refractivity (Wildman–Crippen MR) is 71.9 cm³/mol. The van der Waals surface area contributed by atoms with Gasteiger partial charge in [-0.25, -0.2) is 4.79 Å². The van der Waals surface area contributed by atoms with Gasteiger partial charge in [-0.2, -0.15) is 0 Å². The third-order valence-corrected chi connectivity index (χ3v) is 2.38. The molecule has 0 fully saturated rings.